The van der Waals surface area contributed by atoms with E-state index >= 15 is 8.78 Å². The number of nitrogens with zero attached hydrogens (tertiary/aromatic N) is 5. The van der Waals surface area contributed by atoms with Gasteiger partial charge in [0.15, 0.2) is 5.01 Å². The molecule has 1 amide bonds. The Bertz CT molecular complexity index is 1800. The van der Waals surface area contributed by atoms with Crippen LogP contribution in [0, 0.1) is 23.5 Å². The van der Waals surface area contributed by atoms with E-state index in [4.69, 9.17) is 4.74 Å². The molecule has 1 aliphatic carbocycles. The highest BCUT2D eigenvalue weighted by Gasteiger charge is 2.22. The predicted octanol–water partition coefficient (Wildman–Crippen LogP) is 6.05. The zero-order chi connectivity index (χ0) is 29.1. The third-order valence-electron chi connectivity index (χ3n) is 6.94. The van der Waals surface area contributed by atoms with Crippen LogP contribution in [0.1, 0.15) is 57.4 Å². The number of thiazole rings is 1. The second kappa shape index (κ2) is 11.9. The van der Waals surface area contributed by atoms with Crippen molar-refractivity contribution in [1.82, 2.24) is 25.2 Å². The van der Waals surface area contributed by atoms with E-state index in [0.29, 0.717) is 29.5 Å². The van der Waals surface area contributed by atoms with Crippen molar-refractivity contribution in [2.24, 2.45) is 0 Å². The summed E-state index contributed by atoms with van der Waals surface area (Å²) in [5, 5.41) is 17.4. The van der Waals surface area contributed by atoms with E-state index < -0.39 is 23.1 Å². The van der Waals surface area contributed by atoms with Crippen LogP contribution in [0.3, 0.4) is 0 Å². The number of aromatic nitrogens is 5. The number of methoxy groups -OCH3 is 1. The Morgan fingerprint density at radius 2 is 1.88 bits per heavy atom. The van der Waals surface area contributed by atoms with E-state index in [1.807, 2.05) is 12.1 Å². The van der Waals surface area contributed by atoms with Crippen LogP contribution in [0.25, 0.3) is 11.4 Å². The average molecular weight is 583 g/mol. The molecule has 6 rings (SSSR count). The van der Waals surface area contributed by atoms with Gasteiger partial charge >= 0.3 is 0 Å². The third-order valence-corrected chi connectivity index (χ3v) is 7.72. The zero-order valence-corrected chi connectivity index (χ0v) is 23.3. The van der Waals surface area contributed by atoms with E-state index in [0.717, 1.165) is 28.4 Å². The van der Waals surface area contributed by atoms with Crippen molar-refractivity contribution in [3.8, 4) is 29.0 Å². The number of anilines is 1. The first-order valence-corrected chi connectivity index (χ1v) is 14.1. The highest BCUT2D eigenvalue weighted by atomic mass is 32.1. The minimum Gasteiger partial charge on any atom is -0.497 e. The van der Waals surface area contributed by atoms with Gasteiger partial charge in [-0.2, -0.15) is 4.80 Å². The van der Waals surface area contributed by atoms with Crippen LogP contribution in [0.4, 0.5) is 14.5 Å². The SMILES string of the molecule is COc1ccc(Cn2nnc(-c3cc(F)c(C(=O)Nc4cccc(C#Cc5nc(C6CCC6)cs5)c4)c(F)c3)n2)cc1. The molecule has 2 aromatic heterocycles. The molecule has 42 heavy (non-hydrogen) atoms. The Morgan fingerprint density at radius 1 is 1.10 bits per heavy atom. The summed E-state index contributed by atoms with van der Waals surface area (Å²) >= 11 is 1.51. The monoisotopic (exact) mass is 582 g/mol. The Hall–Kier alpha value is -4.95. The molecule has 0 unspecified atom stereocenters. The number of halogens is 2. The van der Waals surface area contributed by atoms with Gasteiger partial charge in [0.1, 0.15) is 22.9 Å². The number of hydrogen-bond donors (Lipinski definition) is 1. The van der Waals surface area contributed by atoms with Gasteiger partial charge in [-0.15, -0.1) is 21.5 Å². The second-order valence-corrected chi connectivity index (χ2v) is 10.7. The van der Waals surface area contributed by atoms with Crippen molar-refractivity contribution >= 4 is 22.9 Å². The van der Waals surface area contributed by atoms with Crippen molar-refractivity contribution in [3.63, 3.8) is 0 Å². The maximum atomic E-state index is 15.0. The first kappa shape index (κ1) is 27.2. The van der Waals surface area contributed by atoms with Crippen LogP contribution in [0.15, 0.2) is 66.0 Å². The summed E-state index contributed by atoms with van der Waals surface area (Å²) in [5.74, 6) is 4.37. The molecule has 3 aromatic carbocycles. The number of tetrazole rings is 1. The lowest BCUT2D eigenvalue weighted by molar-refractivity contribution is 0.101. The fourth-order valence-electron chi connectivity index (χ4n) is 4.47. The third kappa shape index (κ3) is 6.04. The van der Waals surface area contributed by atoms with Gasteiger partial charge in [0, 0.05) is 28.1 Å². The minimum absolute atomic E-state index is 0.0274. The van der Waals surface area contributed by atoms with Gasteiger partial charge in [-0.1, -0.05) is 30.5 Å². The number of carbonyl (C=O) groups is 1. The molecule has 1 saturated carbocycles. The Balaban J connectivity index is 1.14. The minimum atomic E-state index is -1.05. The van der Waals surface area contributed by atoms with Crippen molar-refractivity contribution in [3.05, 3.63) is 105 Å². The van der Waals surface area contributed by atoms with Crippen molar-refractivity contribution in [2.75, 3.05) is 12.4 Å². The van der Waals surface area contributed by atoms with E-state index in [1.165, 1.54) is 35.4 Å². The standard InChI is InChI=1S/C31H24F2N6O2S/c1-41-24-11-8-20(9-12-24)17-39-37-30(36-38-39)22-15-25(32)29(26(33)16-22)31(40)34-23-7-2-4-19(14-23)10-13-28-35-27(18-42-28)21-5-3-6-21/h2,4,7-9,11-12,14-16,18,21H,3,5-6,17H2,1H3,(H,34,40). The highest BCUT2D eigenvalue weighted by molar-refractivity contribution is 7.10. The Kier molecular flexibility index (Phi) is 7.70. The quantitative estimate of drug-likeness (QED) is 0.235. The van der Waals surface area contributed by atoms with Gasteiger partial charge in [0.25, 0.3) is 5.91 Å². The number of amides is 1. The fraction of sp³-hybridized carbons (Fsp3) is 0.194. The van der Waals surface area contributed by atoms with Crippen LogP contribution in [0.5, 0.6) is 5.75 Å². The van der Waals surface area contributed by atoms with Crippen molar-refractivity contribution < 1.29 is 18.3 Å². The summed E-state index contributed by atoms with van der Waals surface area (Å²) in [7, 11) is 1.58. The smallest absolute Gasteiger partial charge is 0.261 e. The summed E-state index contributed by atoms with van der Waals surface area (Å²) in [6.07, 6.45) is 3.59. The number of rotatable bonds is 7. The lowest BCUT2D eigenvalue weighted by Gasteiger charge is -2.22. The average Bonchev–Trinajstić information content (AvgIpc) is 3.61. The molecule has 5 aromatic rings. The number of hydrogen-bond acceptors (Lipinski definition) is 7. The molecule has 1 aliphatic rings. The summed E-state index contributed by atoms with van der Waals surface area (Å²) in [6.45, 7) is 0.303. The largest absolute Gasteiger partial charge is 0.497 e. The van der Waals surface area contributed by atoms with Gasteiger partial charge in [-0.05, 0) is 72.0 Å². The van der Waals surface area contributed by atoms with E-state index in [-0.39, 0.29) is 11.4 Å². The number of ether oxygens (including phenoxy) is 1. The van der Waals surface area contributed by atoms with Gasteiger partial charge in [-0.25, -0.2) is 13.8 Å². The van der Waals surface area contributed by atoms with Crippen LogP contribution in [-0.2, 0) is 6.54 Å². The zero-order valence-electron chi connectivity index (χ0n) is 22.5. The van der Waals surface area contributed by atoms with Crippen LogP contribution >= 0.6 is 11.3 Å². The van der Waals surface area contributed by atoms with Crippen molar-refractivity contribution in [1.29, 1.82) is 0 Å². The van der Waals surface area contributed by atoms with Crippen molar-refractivity contribution in [2.45, 2.75) is 31.7 Å². The van der Waals surface area contributed by atoms with Gasteiger partial charge < -0.3 is 10.1 Å². The first-order chi connectivity index (χ1) is 20.4. The molecule has 0 bridgehead atoms. The molecule has 0 atom stereocenters. The molecule has 8 nitrogen and oxygen atoms in total. The summed E-state index contributed by atoms with van der Waals surface area (Å²) < 4.78 is 35.2. The maximum Gasteiger partial charge on any atom is 0.261 e. The topological polar surface area (TPSA) is 94.8 Å². The van der Waals surface area contributed by atoms with E-state index in [2.05, 4.69) is 42.9 Å². The van der Waals surface area contributed by atoms with E-state index in [9.17, 15) is 4.79 Å². The molecular weight excluding hydrogens is 558 g/mol. The molecule has 0 aliphatic heterocycles. The maximum absolute atomic E-state index is 15.0. The molecule has 0 spiro atoms. The van der Waals surface area contributed by atoms with Crippen LogP contribution < -0.4 is 10.1 Å². The van der Waals surface area contributed by atoms with Crippen LogP contribution in [0.2, 0.25) is 0 Å². The molecule has 210 valence electrons. The normalized spacial score (nSPS) is 12.7. The molecule has 1 fully saturated rings. The fourth-order valence-corrected chi connectivity index (χ4v) is 5.21. The van der Waals surface area contributed by atoms with Gasteiger partial charge in [-0.3, -0.25) is 4.79 Å². The highest BCUT2D eigenvalue weighted by Crippen LogP contribution is 2.36. The molecule has 11 heteroatoms. The summed E-state index contributed by atoms with van der Waals surface area (Å²) in [4.78, 5) is 18.8. The lowest BCUT2D eigenvalue weighted by atomic mass is 9.83. The molecular formula is C31H24F2N6O2S. The summed E-state index contributed by atoms with van der Waals surface area (Å²) in [6, 6.07) is 16.1. The molecule has 0 saturated heterocycles. The summed E-state index contributed by atoms with van der Waals surface area (Å²) in [5.41, 5.74) is 2.32. The molecule has 0 radical (unpaired) electrons. The number of nitrogens with one attached hydrogen (secondary N) is 1. The van der Waals surface area contributed by atoms with Gasteiger partial charge in [0.2, 0.25) is 5.82 Å². The van der Waals surface area contributed by atoms with Crippen LogP contribution in [-0.4, -0.2) is 38.2 Å². The Morgan fingerprint density at radius 3 is 2.60 bits per heavy atom. The Labute approximate surface area is 244 Å². The second-order valence-electron chi connectivity index (χ2n) is 9.80. The number of carbonyl (C=O) groups excluding carboxylic acids is 1. The molecule has 1 N–H and O–H groups in total. The number of benzene rings is 3. The first-order valence-electron chi connectivity index (χ1n) is 13.2. The van der Waals surface area contributed by atoms with Gasteiger partial charge in [0.05, 0.1) is 19.3 Å². The lowest BCUT2D eigenvalue weighted by Crippen LogP contribution is -2.16. The molecule has 2 heterocycles. The van der Waals surface area contributed by atoms with E-state index in [1.54, 1.807) is 43.5 Å². The predicted molar refractivity (Wildman–Crippen MR) is 154 cm³/mol.